The van der Waals surface area contributed by atoms with Crippen molar-refractivity contribution >= 4 is 17.6 Å². The number of para-hydroxylation sites is 1. The Balaban J connectivity index is 1.66. The number of benzene rings is 2. The van der Waals surface area contributed by atoms with Crippen LogP contribution in [0.1, 0.15) is 43.7 Å². The molecule has 154 valence electrons. The predicted molar refractivity (Wildman–Crippen MR) is 108 cm³/mol. The Morgan fingerprint density at radius 3 is 2.72 bits per heavy atom. The second kappa shape index (κ2) is 9.07. The van der Waals surface area contributed by atoms with Crippen LogP contribution in [0.15, 0.2) is 42.5 Å². The summed E-state index contributed by atoms with van der Waals surface area (Å²) >= 11 is 0. The van der Waals surface area contributed by atoms with E-state index in [9.17, 15) is 14.0 Å². The van der Waals surface area contributed by atoms with Crippen LogP contribution in [0.4, 0.5) is 10.1 Å². The number of hydrogen-bond donors (Lipinski definition) is 0. The standard InChI is InChI=1S/C23H26FNO4/c1-4-15(2)18-7-5-6-8-20(18)25-13-17(12-22(25)26)23(27)29-14-16-9-10-21(28-3)19(24)11-16/h5-11,15,17H,4,12-14H2,1-3H3/t15-,17-/m1/s1. The molecule has 3 rings (SSSR count). The zero-order valence-corrected chi connectivity index (χ0v) is 17.0. The quantitative estimate of drug-likeness (QED) is 0.646. The topological polar surface area (TPSA) is 55.8 Å². The molecule has 1 amide bonds. The first-order valence-electron chi connectivity index (χ1n) is 9.82. The number of carbonyl (C=O) groups is 2. The number of carbonyl (C=O) groups excluding carboxylic acids is 2. The molecule has 1 heterocycles. The first kappa shape index (κ1) is 20.8. The van der Waals surface area contributed by atoms with Gasteiger partial charge in [-0.15, -0.1) is 0 Å². The van der Waals surface area contributed by atoms with Crippen LogP contribution in [0.5, 0.6) is 5.75 Å². The number of nitrogens with zero attached hydrogens (tertiary/aromatic N) is 1. The van der Waals surface area contributed by atoms with E-state index in [-0.39, 0.29) is 24.7 Å². The molecule has 29 heavy (non-hydrogen) atoms. The molecule has 0 saturated carbocycles. The summed E-state index contributed by atoms with van der Waals surface area (Å²) in [4.78, 5) is 26.8. The Labute approximate surface area is 170 Å². The van der Waals surface area contributed by atoms with E-state index in [0.717, 1.165) is 17.7 Å². The third-order valence-corrected chi connectivity index (χ3v) is 5.43. The van der Waals surface area contributed by atoms with E-state index in [1.807, 2.05) is 24.3 Å². The van der Waals surface area contributed by atoms with Gasteiger partial charge in [0.05, 0.1) is 13.0 Å². The molecule has 0 radical (unpaired) electrons. The molecule has 6 heteroatoms. The van der Waals surface area contributed by atoms with Gasteiger partial charge < -0.3 is 14.4 Å². The minimum absolute atomic E-state index is 0.0477. The molecule has 2 aromatic rings. The van der Waals surface area contributed by atoms with E-state index in [4.69, 9.17) is 9.47 Å². The largest absolute Gasteiger partial charge is 0.494 e. The molecular formula is C23H26FNO4. The summed E-state index contributed by atoms with van der Waals surface area (Å²) in [6.45, 7) is 4.48. The Morgan fingerprint density at radius 1 is 1.28 bits per heavy atom. The predicted octanol–water partition coefficient (Wildman–Crippen LogP) is 4.44. The van der Waals surface area contributed by atoms with Gasteiger partial charge in [0.1, 0.15) is 6.61 Å². The number of methoxy groups -OCH3 is 1. The molecule has 0 spiro atoms. The summed E-state index contributed by atoms with van der Waals surface area (Å²) in [5.74, 6) is -1.12. The van der Waals surface area contributed by atoms with E-state index < -0.39 is 17.7 Å². The lowest BCUT2D eigenvalue weighted by molar-refractivity contribution is -0.149. The summed E-state index contributed by atoms with van der Waals surface area (Å²) in [5.41, 5.74) is 2.49. The van der Waals surface area contributed by atoms with Gasteiger partial charge in [-0.25, -0.2) is 4.39 Å². The zero-order valence-electron chi connectivity index (χ0n) is 17.0. The number of hydrogen-bond acceptors (Lipinski definition) is 4. The van der Waals surface area contributed by atoms with E-state index >= 15 is 0 Å². The van der Waals surface area contributed by atoms with Crippen LogP contribution in [-0.2, 0) is 20.9 Å². The number of rotatable bonds is 7. The molecule has 0 bridgehead atoms. The van der Waals surface area contributed by atoms with Crippen molar-refractivity contribution in [2.24, 2.45) is 5.92 Å². The molecule has 0 N–H and O–H groups in total. The Morgan fingerprint density at radius 2 is 2.03 bits per heavy atom. The second-order valence-electron chi connectivity index (χ2n) is 7.35. The van der Waals surface area contributed by atoms with Gasteiger partial charge in [-0.2, -0.15) is 0 Å². The van der Waals surface area contributed by atoms with Crippen molar-refractivity contribution < 1.29 is 23.5 Å². The van der Waals surface area contributed by atoms with Gasteiger partial charge in [0, 0.05) is 18.7 Å². The minimum atomic E-state index is -0.532. The molecule has 1 aliphatic rings. The Bertz CT molecular complexity index is 898. The summed E-state index contributed by atoms with van der Waals surface area (Å²) in [7, 11) is 1.39. The molecular weight excluding hydrogens is 373 g/mol. The van der Waals surface area contributed by atoms with Crippen LogP contribution in [0.3, 0.4) is 0 Å². The van der Waals surface area contributed by atoms with Crippen LogP contribution >= 0.6 is 0 Å². The highest BCUT2D eigenvalue weighted by Crippen LogP contribution is 2.33. The van der Waals surface area contributed by atoms with Gasteiger partial charge in [-0.3, -0.25) is 9.59 Å². The van der Waals surface area contributed by atoms with Gasteiger partial charge >= 0.3 is 5.97 Å². The van der Waals surface area contributed by atoms with E-state index in [1.165, 1.54) is 19.2 Å². The van der Waals surface area contributed by atoms with Crippen LogP contribution in [0.25, 0.3) is 0 Å². The second-order valence-corrected chi connectivity index (χ2v) is 7.35. The number of esters is 1. The van der Waals surface area contributed by atoms with E-state index in [2.05, 4.69) is 13.8 Å². The monoisotopic (exact) mass is 399 g/mol. The van der Waals surface area contributed by atoms with Crippen molar-refractivity contribution in [3.63, 3.8) is 0 Å². The summed E-state index contributed by atoms with van der Waals surface area (Å²) in [6.07, 6.45) is 1.08. The molecule has 2 aromatic carbocycles. The van der Waals surface area contributed by atoms with Crippen molar-refractivity contribution in [1.29, 1.82) is 0 Å². The maximum Gasteiger partial charge on any atom is 0.311 e. The third-order valence-electron chi connectivity index (χ3n) is 5.43. The summed E-state index contributed by atoms with van der Waals surface area (Å²) in [6, 6.07) is 12.2. The lowest BCUT2D eigenvalue weighted by Gasteiger charge is -2.23. The van der Waals surface area contributed by atoms with Gasteiger partial charge in [0.2, 0.25) is 5.91 Å². The average molecular weight is 399 g/mol. The van der Waals surface area contributed by atoms with E-state index in [1.54, 1.807) is 11.0 Å². The molecule has 0 aromatic heterocycles. The first-order valence-corrected chi connectivity index (χ1v) is 9.82. The summed E-state index contributed by atoms with van der Waals surface area (Å²) in [5, 5.41) is 0. The van der Waals surface area contributed by atoms with Crippen LogP contribution in [0.2, 0.25) is 0 Å². The van der Waals surface area contributed by atoms with Crippen LogP contribution in [0, 0.1) is 11.7 Å². The third kappa shape index (κ3) is 4.58. The lowest BCUT2D eigenvalue weighted by atomic mass is 9.96. The lowest BCUT2D eigenvalue weighted by Crippen LogP contribution is -2.27. The van der Waals surface area contributed by atoms with Crippen LogP contribution in [-0.4, -0.2) is 25.5 Å². The highest BCUT2D eigenvalue weighted by atomic mass is 19.1. The fourth-order valence-corrected chi connectivity index (χ4v) is 3.54. The molecule has 5 nitrogen and oxygen atoms in total. The number of anilines is 1. The van der Waals surface area contributed by atoms with Crippen LogP contribution < -0.4 is 9.64 Å². The van der Waals surface area contributed by atoms with Gasteiger partial charge in [0.15, 0.2) is 11.6 Å². The zero-order chi connectivity index (χ0) is 21.0. The van der Waals surface area contributed by atoms with Crippen molar-refractivity contribution in [3.8, 4) is 5.75 Å². The van der Waals surface area contributed by atoms with Crippen molar-refractivity contribution in [2.45, 2.75) is 39.2 Å². The molecule has 1 saturated heterocycles. The average Bonchev–Trinajstić information content (AvgIpc) is 3.13. The Kier molecular flexibility index (Phi) is 6.52. The maximum absolute atomic E-state index is 13.8. The van der Waals surface area contributed by atoms with Crippen molar-refractivity contribution in [3.05, 3.63) is 59.4 Å². The van der Waals surface area contributed by atoms with Gasteiger partial charge in [-0.05, 0) is 41.7 Å². The van der Waals surface area contributed by atoms with E-state index in [0.29, 0.717) is 18.0 Å². The maximum atomic E-state index is 13.8. The highest BCUT2D eigenvalue weighted by Gasteiger charge is 2.37. The number of amides is 1. The highest BCUT2D eigenvalue weighted by molar-refractivity contribution is 6.00. The fraction of sp³-hybridized carbons (Fsp3) is 0.391. The first-order chi connectivity index (χ1) is 13.9. The normalized spacial score (nSPS) is 17.3. The summed E-state index contributed by atoms with van der Waals surface area (Å²) < 4.78 is 24.0. The number of ether oxygens (including phenoxy) is 2. The SMILES string of the molecule is CC[C@@H](C)c1ccccc1N1C[C@H](C(=O)OCc2ccc(OC)c(F)c2)CC1=O. The minimum Gasteiger partial charge on any atom is -0.494 e. The fourth-order valence-electron chi connectivity index (χ4n) is 3.54. The van der Waals surface area contributed by atoms with Crippen molar-refractivity contribution in [2.75, 3.05) is 18.6 Å². The number of halogens is 1. The molecule has 0 unspecified atom stereocenters. The van der Waals surface area contributed by atoms with Gasteiger partial charge in [0.25, 0.3) is 0 Å². The molecule has 2 atom stereocenters. The Hall–Kier alpha value is -2.89. The van der Waals surface area contributed by atoms with Crippen molar-refractivity contribution in [1.82, 2.24) is 0 Å². The molecule has 0 aliphatic carbocycles. The molecule has 1 aliphatic heterocycles. The smallest absolute Gasteiger partial charge is 0.311 e. The molecule has 1 fully saturated rings. The van der Waals surface area contributed by atoms with Gasteiger partial charge in [-0.1, -0.05) is 38.1 Å².